The second-order valence-electron chi connectivity index (χ2n) is 3.75. The third kappa shape index (κ3) is 2.17. The largest absolute Gasteiger partial charge is 0.352 e. The van der Waals surface area contributed by atoms with Gasteiger partial charge in [-0.15, -0.1) is 0 Å². The van der Waals surface area contributed by atoms with Crippen molar-refractivity contribution < 1.29 is 9.47 Å². The van der Waals surface area contributed by atoms with E-state index < -0.39 is 0 Å². The number of rotatable bonds is 2. The van der Waals surface area contributed by atoms with E-state index in [9.17, 15) is 0 Å². The molecule has 1 unspecified atom stereocenters. The van der Waals surface area contributed by atoms with Crippen LogP contribution in [-0.4, -0.2) is 19.5 Å². The van der Waals surface area contributed by atoms with Crippen molar-refractivity contribution in [2.75, 3.05) is 13.2 Å². The Balaban J connectivity index is 2.45. The molecule has 2 heteroatoms. The SMILES string of the molecule is CCOC1OCCCC1(C)C. The molecule has 66 valence electrons. The fraction of sp³-hybridized carbons (Fsp3) is 1.00. The van der Waals surface area contributed by atoms with Crippen LogP contribution in [0.3, 0.4) is 0 Å². The van der Waals surface area contributed by atoms with E-state index in [2.05, 4.69) is 13.8 Å². The second kappa shape index (κ2) is 3.55. The molecule has 1 saturated heterocycles. The molecule has 1 fully saturated rings. The van der Waals surface area contributed by atoms with E-state index in [0.29, 0.717) is 0 Å². The van der Waals surface area contributed by atoms with Crippen LogP contribution in [0.1, 0.15) is 33.6 Å². The fourth-order valence-electron chi connectivity index (χ4n) is 1.49. The predicted molar refractivity (Wildman–Crippen MR) is 44.4 cm³/mol. The average molecular weight is 158 g/mol. The Labute approximate surface area is 68.9 Å². The molecule has 1 rings (SSSR count). The summed E-state index contributed by atoms with van der Waals surface area (Å²) in [4.78, 5) is 0. The Bertz CT molecular complexity index is 119. The maximum absolute atomic E-state index is 5.51. The number of hydrogen-bond donors (Lipinski definition) is 0. The Morgan fingerprint density at radius 1 is 1.55 bits per heavy atom. The van der Waals surface area contributed by atoms with E-state index in [1.54, 1.807) is 0 Å². The van der Waals surface area contributed by atoms with Gasteiger partial charge in [0.25, 0.3) is 0 Å². The van der Waals surface area contributed by atoms with E-state index in [4.69, 9.17) is 9.47 Å². The topological polar surface area (TPSA) is 18.5 Å². The zero-order chi connectivity index (χ0) is 8.32. The van der Waals surface area contributed by atoms with Gasteiger partial charge in [0.2, 0.25) is 0 Å². The number of ether oxygens (including phenoxy) is 2. The standard InChI is InChI=1S/C9H18O2/c1-4-10-8-9(2,3)6-5-7-11-8/h8H,4-7H2,1-3H3. The average Bonchev–Trinajstić information content (AvgIpc) is 1.94. The van der Waals surface area contributed by atoms with E-state index in [-0.39, 0.29) is 11.7 Å². The van der Waals surface area contributed by atoms with Crippen LogP contribution < -0.4 is 0 Å². The van der Waals surface area contributed by atoms with E-state index in [1.807, 2.05) is 6.92 Å². The monoisotopic (exact) mass is 158 g/mol. The van der Waals surface area contributed by atoms with Crippen LogP contribution >= 0.6 is 0 Å². The lowest BCUT2D eigenvalue weighted by Gasteiger charge is -2.37. The molecule has 0 N–H and O–H groups in total. The zero-order valence-electron chi connectivity index (χ0n) is 7.72. The first kappa shape index (κ1) is 9.01. The van der Waals surface area contributed by atoms with Gasteiger partial charge in [-0.05, 0) is 19.8 Å². The number of hydrogen-bond acceptors (Lipinski definition) is 2. The van der Waals surface area contributed by atoms with Crippen molar-refractivity contribution in [1.29, 1.82) is 0 Å². The molecule has 0 aliphatic carbocycles. The maximum Gasteiger partial charge on any atom is 0.162 e. The highest BCUT2D eigenvalue weighted by Crippen LogP contribution is 2.33. The summed E-state index contributed by atoms with van der Waals surface area (Å²) in [6.07, 6.45) is 2.38. The summed E-state index contributed by atoms with van der Waals surface area (Å²) in [6.45, 7) is 8.01. The summed E-state index contributed by atoms with van der Waals surface area (Å²) < 4.78 is 11.0. The first-order valence-corrected chi connectivity index (χ1v) is 4.40. The summed E-state index contributed by atoms with van der Waals surface area (Å²) >= 11 is 0. The Morgan fingerprint density at radius 3 is 2.82 bits per heavy atom. The summed E-state index contributed by atoms with van der Waals surface area (Å²) in [5.74, 6) is 0. The van der Waals surface area contributed by atoms with Gasteiger partial charge in [-0.25, -0.2) is 0 Å². The van der Waals surface area contributed by atoms with Gasteiger partial charge in [0, 0.05) is 18.6 Å². The molecule has 0 aromatic heterocycles. The van der Waals surface area contributed by atoms with Crippen molar-refractivity contribution in [3.8, 4) is 0 Å². The van der Waals surface area contributed by atoms with Gasteiger partial charge in [-0.3, -0.25) is 0 Å². The van der Waals surface area contributed by atoms with Gasteiger partial charge < -0.3 is 9.47 Å². The smallest absolute Gasteiger partial charge is 0.162 e. The molecule has 0 radical (unpaired) electrons. The van der Waals surface area contributed by atoms with Crippen molar-refractivity contribution >= 4 is 0 Å². The maximum atomic E-state index is 5.51. The highest BCUT2D eigenvalue weighted by atomic mass is 16.7. The van der Waals surface area contributed by atoms with Crippen LogP contribution in [0.5, 0.6) is 0 Å². The molecule has 0 amide bonds. The normalized spacial score (nSPS) is 30.3. The lowest BCUT2D eigenvalue weighted by Crippen LogP contribution is -2.38. The molecule has 0 aromatic rings. The summed E-state index contributed by atoms with van der Waals surface area (Å²) in [5.41, 5.74) is 0.203. The molecular weight excluding hydrogens is 140 g/mol. The van der Waals surface area contributed by atoms with Crippen molar-refractivity contribution in [2.24, 2.45) is 5.41 Å². The van der Waals surface area contributed by atoms with Crippen LogP contribution in [0.2, 0.25) is 0 Å². The molecule has 1 aliphatic heterocycles. The highest BCUT2D eigenvalue weighted by molar-refractivity contribution is 4.76. The van der Waals surface area contributed by atoms with Crippen LogP contribution in [0.25, 0.3) is 0 Å². The summed E-state index contributed by atoms with van der Waals surface area (Å²) in [7, 11) is 0. The second-order valence-corrected chi connectivity index (χ2v) is 3.75. The molecule has 0 saturated carbocycles. The molecule has 0 aromatic carbocycles. The van der Waals surface area contributed by atoms with Crippen molar-refractivity contribution in [3.05, 3.63) is 0 Å². The Morgan fingerprint density at radius 2 is 2.27 bits per heavy atom. The van der Waals surface area contributed by atoms with Crippen molar-refractivity contribution in [2.45, 2.75) is 39.9 Å². The molecule has 0 bridgehead atoms. The molecule has 1 aliphatic rings. The van der Waals surface area contributed by atoms with E-state index >= 15 is 0 Å². The van der Waals surface area contributed by atoms with Gasteiger partial charge in [0.05, 0.1) is 0 Å². The highest BCUT2D eigenvalue weighted by Gasteiger charge is 2.33. The van der Waals surface area contributed by atoms with Crippen LogP contribution in [0, 0.1) is 5.41 Å². The van der Waals surface area contributed by atoms with Gasteiger partial charge in [0.15, 0.2) is 6.29 Å². The molecule has 11 heavy (non-hydrogen) atoms. The van der Waals surface area contributed by atoms with E-state index in [0.717, 1.165) is 19.6 Å². The lowest BCUT2D eigenvalue weighted by molar-refractivity contribution is -0.219. The van der Waals surface area contributed by atoms with Crippen molar-refractivity contribution in [3.63, 3.8) is 0 Å². The lowest BCUT2D eigenvalue weighted by atomic mass is 9.85. The van der Waals surface area contributed by atoms with Gasteiger partial charge in [0.1, 0.15) is 0 Å². The Hall–Kier alpha value is -0.0800. The van der Waals surface area contributed by atoms with Gasteiger partial charge >= 0.3 is 0 Å². The fourth-order valence-corrected chi connectivity index (χ4v) is 1.49. The third-order valence-corrected chi connectivity index (χ3v) is 2.19. The minimum absolute atomic E-state index is 0.0150. The quantitative estimate of drug-likeness (QED) is 0.613. The first-order chi connectivity index (χ1) is 5.17. The van der Waals surface area contributed by atoms with Crippen LogP contribution in [-0.2, 0) is 9.47 Å². The van der Waals surface area contributed by atoms with Gasteiger partial charge in [-0.1, -0.05) is 13.8 Å². The summed E-state index contributed by atoms with van der Waals surface area (Å²) in [5, 5.41) is 0. The molecule has 1 atom stereocenters. The van der Waals surface area contributed by atoms with Crippen LogP contribution in [0.15, 0.2) is 0 Å². The molecule has 0 spiro atoms. The predicted octanol–water partition coefficient (Wildman–Crippen LogP) is 2.19. The zero-order valence-corrected chi connectivity index (χ0v) is 7.72. The summed E-state index contributed by atoms with van der Waals surface area (Å²) in [6, 6.07) is 0. The first-order valence-electron chi connectivity index (χ1n) is 4.40. The minimum atomic E-state index is 0.0150. The van der Waals surface area contributed by atoms with Gasteiger partial charge in [-0.2, -0.15) is 0 Å². The molecular formula is C9H18O2. The van der Waals surface area contributed by atoms with Crippen molar-refractivity contribution in [1.82, 2.24) is 0 Å². The van der Waals surface area contributed by atoms with E-state index in [1.165, 1.54) is 6.42 Å². The Kier molecular flexibility index (Phi) is 2.90. The molecule has 1 heterocycles. The van der Waals surface area contributed by atoms with Crippen LogP contribution in [0.4, 0.5) is 0 Å². The minimum Gasteiger partial charge on any atom is -0.352 e. The molecule has 2 nitrogen and oxygen atoms in total. The third-order valence-electron chi connectivity index (χ3n) is 2.19.